The number of para-hydroxylation sites is 2. The van der Waals surface area contributed by atoms with Crippen molar-refractivity contribution < 1.29 is 0 Å². The molecule has 1 aliphatic rings. The second-order valence-corrected chi connectivity index (χ2v) is 20.0. The van der Waals surface area contributed by atoms with Crippen LogP contribution in [0.3, 0.4) is 0 Å². The van der Waals surface area contributed by atoms with Crippen molar-refractivity contribution in [1.82, 2.24) is 14.5 Å². The summed E-state index contributed by atoms with van der Waals surface area (Å²) in [4.78, 5) is 12.3. The predicted octanol–water partition coefficient (Wildman–Crippen LogP) is 10.7. The van der Waals surface area contributed by atoms with Gasteiger partial charge in [0, 0.05) is 45.4 Å². The number of rotatable bonds is 7. The molecule has 0 N–H and O–H groups in total. The Hall–Kier alpha value is -7.34. The molecule has 0 unspecified atom stereocenters. The SMILES string of the molecule is CC1(C)c2ccccc2N(c2ccccc2)c2ccc3c4ccc([Si](c5ccccc5)(c5ccccc5)c5cccc(-c6ccccn6)c5)cc4n(-c4ccccn4)c3c21. The molecule has 7 aromatic carbocycles. The van der Waals surface area contributed by atoms with Crippen molar-refractivity contribution >= 4 is 67.7 Å². The van der Waals surface area contributed by atoms with Gasteiger partial charge in [0.1, 0.15) is 5.82 Å². The van der Waals surface area contributed by atoms with Gasteiger partial charge < -0.3 is 4.90 Å². The molecule has 60 heavy (non-hydrogen) atoms. The molecule has 10 aromatic rings. The van der Waals surface area contributed by atoms with E-state index in [1.165, 1.54) is 59.5 Å². The zero-order chi connectivity index (χ0) is 40.3. The van der Waals surface area contributed by atoms with Crippen LogP contribution in [0.15, 0.2) is 219 Å². The molecule has 4 nitrogen and oxygen atoms in total. The molecule has 4 heterocycles. The summed E-state index contributed by atoms with van der Waals surface area (Å²) in [6, 6.07) is 75.5. The van der Waals surface area contributed by atoms with Gasteiger partial charge in [-0.25, -0.2) is 4.98 Å². The summed E-state index contributed by atoms with van der Waals surface area (Å²) >= 11 is 0. The largest absolute Gasteiger partial charge is 0.310 e. The number of fused-ring (bicyclic) bond motifs is 6. The van der Waals surface area contributed by atoms with Crippen LogP contribution in [0.5, 0.6) is 0 Å². The highest BCUT2D eigenvalue weighted by molar-refractivity contribution is 7.20. The van der Waals surface area contributed by atoms with E-state index in [0.717, 1.165) is 28.3 Å². The highest BCUT2D eigenvalue weighted by Crippen LogP contribution is 2.55. The van der Waals surface area contributed by atoms with Crippen molar-refractivity contribution in [2.45, 2.75) is 19.3 Å². The molecule has 286 valence electrons. The first-order valence-corrected chi connectivity index (χ1v) is 22.7. The smallest absolute Gasteiger partial charge is 0.179 e. The van der Waals surface area contributed by atoms with E-state index in [-0.39, 0.29) is 5.41 Å². The van der Waals surface area contributed by atoms with E-state index in [0.29, 0.717) is 0 Å². The number of anilines is 3. The van der Waals surface area contributed by atoms with Gasteiger partial charge in [-0.15, -0.1) is 0 Å². The molecule has 0 spiro atoms. The summed E-state index contributed by atoms with van der Waals surface area (Å²) in [6.45, 7) is 4.77. The standard InChI is InChI=1S/C55H42N4Si/c1-55(2)47-27-12-13-29-49(47)58(40-20-6-3-7-21-40)50-34-33-46-45-32-31-44(38-51(45)59(54(46)53(50)55)52-30-15-17-36-57-52)60(41-22-8-4-9-23-41,42-24-10-5-11-25-42)43-26-18-19-39(37-43)48-28-14-16-35-56-48/h3-38H,1-2H3. The van der Waals surface area contributed by atoms with Crippen LogP contribution in [-0.4, -0.2) is 22.6 Å². The molecule has 0 amide bonds. The average Bonchev–Trinajstić information content (AvgIpc) is 3.65. The molecular weight excluding hydrogens is 745 g/mol. The summed E-state index contributed by atoms with van der Waals surface area (Å²) in [5, 5.41) is 7.66. The third-order valence-corrected chi connectivity index (χ3v) is 17.3. The number of hydrogen-bond donors (Lipinski definition) is 0. The molecule has 3 aromatic heterocycles. The van der Waals surface area contributed by atoms with Gasteiger partial charge in [-0.3, -0.25) is 9.55 Å². The number of pyridine rings is 2. The van der Waals surface area contributed by atoms with Crippen molar-refractivity contribution in [3.8, 4) is 17.1 Å². The zero-order valence-corrected chi connectivity index (χ0v) is 34.6. The second-order valence-electron chi connectivity index (χ2n) is 16.2. The van der Waals surface area contributed by atoms with Crippen molar-refractivity contribution in [2.75, 3.05) is 4.90 Å². The molecule has 0 saturated heterocycles. The van der Waals surface area contributed by atoms with Crippen molar-refractivity contribution in [3.63, 3.8) is 0 Å². The van der Waals surface area contributed by atoms with Crippen LogP contribution >= 0.6 is 0 Å². The van der Waals surface area contributed by atoms with Gasteiger partial charge in [-0.2, -0.15) is 0 Å². The first-order chi connectivity index (χ1) is 29.5. The Morgan fingerprint density at radius 3 is 1.78 bits per heavy atom. The molecule has 1 aliphatic heterocycles. The lowest BCUT2D eigenvalue weighted by Gasteiger charge is -2.42. The van der Waals surface area contributed by atoms with E-state index < -0.39 is 8.07 Å². The minimum atomic E-state index is -2.98. The first-order valence-electron chi connectivity index (χ1n) is 20.7. The molecule has 0 fully saturated rings. The molecular formula is C55H42N4Si. The normalized spacial score (nSPS) is 13.3. The Morgan fingerprint density at radius 1 is 0.467 bits per heavy atom. The van der Waals surface area contributed by atoms with E-state index >= 15 is 0 Å². The number of aromatic nitrogens is 3. The molecule has 11 rings (SSSR count). The summed E-state index contributed by atoms with van der Waals surface area (Å²) in [5.41, 5.74) is 10.2. The van der Waals surface area contributed by atoms with Crippen molar-refractivity contribution in [1.29, 1.82) is 0 Å². The third kappa shape index (κ3) is 5.43. The molecule has 0 aliphatic carbocycles. The number of benzene rings is 7. The first kappa shape index (κ1) is 35.8. The fraction of sp³-hybridized carbons (Fsp3) is 0.0545. The van der Waals surface area contributed by atoms with E-state index in [4.69, 9.17) is 9.97 Å². The number of nitrogens with zero attached hydrogens (tertiary/aromatic N) is 4. The Balaban J connectivity index is 1.27. The maximum Gasteiger partial charge on any atom is 0.179 e. The Labute approximate surface area is 351 Å². The summed E-state index contributed by atoms with van der Waals surface area (Å²) in [7, 11) is -2.98. The predicted molar refractivity (Wildman–Crippen MR) is 252 cm³/mol. The maximum atomic E-state index is 5.10. The van der Waals surface area contributed by atoms with E-state index in [1.54, 1.807) is 0 Å². The number of hydrogen-bond acceptors (Lipinski definition) is 3. The topological polar surface area (TPSA) is 34.0 Å². The fourth-order valence-corrected chi connectivity index (χ4v) is 14.8. The van der Waals surface area contributed by atoms with Gasteiger partial charge in [0.2, 0.25) is 0 Å². The zero-order valence-electron chi connectivity index (χ0n) is 33.6. The van der Waals surface area contributed by atoms with Gasteiger partial charge in [0.15, 0.2) is 8.07 Å². The lowest BCUT2D eigenvalue weighted by atomic mass is 9.72. The lowest BCUT2D eigenvalue weighted by Crippen LogP contribution is -2.74. The van der Waals surface area contributed by atoms with Crippen molar-refractivity contribution in [2.24, 2.45) is 0 Å². The van der Waals surface area contributed by atoms with Gasteiger partial charge in [-0.1, -0.05) is 166 Å². The minimum Gasteiger partial charge on any atom is -0.310 e. The summed E-state index contributed by atoms with van der Waals surface area (Å²) < 4.78 is 2.45. The second kappa shape index (κ2) is 14.2. The van der Waals surface area contributed by atoms with Crippen molar-refractivity contribution in [3.05, 3.63) is 230 Å². The Bertz CT molecular complexity index is 3120. The van der Waals surface area contributed by atoms with Gasteiger partial charge in [0.05, 0.1) is 28.1 Å². The van der Waals surface area contributed by atoms with Gasteiger partial charge in [0.25, 0.3) is 0 Å². The molecule has 5 heteroatoms. The summed E-state index contributed by atoms with van der Waals surface area (Å²) in [6.07, 6.45) is 3.79. The minimum absolute atomic E-state index is 0.334. The highest BCUT2D eigenvalue weighted by atomic mass is 28.3. The molecule has 0 atom stereocenters. The molecule has 0 saturated carbocycles. The lowest BCUT2D eigenvalue weighted by molar-refractivity contribution is 0.635. The average molecular weight is 787 g/mol. The third-order valence-electron chi connectivity index (χ3n) is 12.6. The van der Waals surface area contributed by atoms with Crippen LogP contribution in [0.1, 0.15) is 25.0 Å². The van der Waals surface area contributed by atoms with Crippen LogP contribution in [-0.2, 0) is 5.41 Å². The summed E-state index contributed by atoms with van der Waals surface area (Å²) in [5.74, 6) is 0.896. The molecule has 0 bridgehead atoms. The molecule has 0 radical (unpaired) electrons. The monoisotopic (exact) mass is 786 g/mol. The fourth-order valence-electron chi connectivity index (χ4n) is 9.99. The van der Waals surface area contributed by atoms with Gasteiger partial charge >= 0.3 is 0 Å². The van der Waals surface area contributed by atoms with Crippen LogP contribution in [0.25, 0.3) is 38.9 Å². The van der Waals surface area contributed by atoms with Crippen LogP contribution in [0.2, 0.25) is 0 Å². The van der Waals surface area contributed by atoms with Crippen LogP contribution in [0, 0.1) is 0 Å². The Morgan fingerprint density at radius 2 is 1.08 bits per heavy atom. The quantitative estimate of drug-likeness (QED) is 0.119. The van der Waals surface area contributed by atoms with E-state index in [2.05, 4.69) is 217 Å². The van der Waals surface area contributed by atoms with Gasteiger partial charge in [-0.05, 0) is 80.9 Å². The van der Waals surface area contributed by atoms with E-state index in [1.807, 2.05) is 24.5 Å². The Kier molecular flexibility index (Phi) is 8.46. The van der Waals surface area contributed by atoms with Crippen LogP contribution < -0.4 is 25.6 Å². The maximum absolute atomic E-state index is 5.10. The highest BCUT2D eigenvalue weighted by Gasteiger charge is 2.43. The van der Waals surface area contributed by atoms with E-state index in [9.17, 15) is 0 Å². The van der Waals surface area contributed by atoms with Crippen LogP contribution in [0.4, 0.5) is 17.1 Å².